The van der Waals surface area contributed by atoms with E-state index < -0.39 is 0 Å². The first-order chi connectivity index (χ1) is 8.69. The molecular weight excluding hydrogens is 271 g/mol. The Morgan fingerprint density at radius 1 is 1.22 bits per heavy atom. The van der Waals surface area contributed by atoms with Crippen molar-refractivity contribution in [3.63, 3.8) is 0 Å². The lowest BCUT2D eigenvalue weighted by Crippen LogP contribution is -1.96. The Kier molecular flexibility index (Phi) is 4.03. The van der Waals surface area contributed by atoms with Crippen molar-refractivity contribution in [2.75, 3.05) is 0 Å². The molecule has 0 bridgehead atoms. The third-order valence-corrected chi connectivity index (χ3v) is 2.76. The Balaban J connectivity index is 2.06. The summed E-state index contributed by atoms with van der Waals surface area (Å²) < 4.78 is 5.54. The van der Waals surface area contributed by atoms with Gasteiger partial charge in [-0.3, -0.25) is 0 Å². The maximum absolute atomic E-state index is 8.72. The minimum Gasteiger partial charge on any atom is -0.487 e. The van der Waals surface area contributed by atoms with E-state index in [2.05, 4.69) is 4.98 Å². The number of hydrogen-bond acceptors (Lipinski definition) is 3. The summed E-state index contributed by atoms with van der Waals surface area (Å²) in [6.07, 6.45) is 1.64. The Hall–Kier alpha value is -1.76. The highest BCUT2D eigenvalue weighted by atomic mass is 35.5. The van der Waals surface area contributed by atoms with Crippen molar-refractivity contribution in [3.05, 3.63) is 57.8 Å². The third-order valence-electron chi connectivity index (χ3n) is 2.24. The highest BCUT2D eigenvalue weighted by molar-refractivity contribution is 6.32. The van der Waals surface area contributed by atoms with E-state index in [1.165, 1.54) is 0 Å². The quantitative estimate of drug-likeness (QED) is 0.802. The van der Waals surface area contributed by atoms with Crippen molar-refractivity contribution in [3.8, 4) is 11.8 Å². The van der Waals surface area contributed by atoms with Crippen molar-refractivity contribution in [1.29, 1.82) is 5.26 Å². The summed E-state index contributed by atoms with van der Waals surface area (Å²) in [5, 5.41) is 9.57. The second kappa shape index (κ2) is 5.72. The first kappa shape index (κ1) is 12.7. The SMILES string of the molecule is N#Cc1ccc(OCc2ccc(Cl)nc2)c(Cl)c1. The van der Waals surface area contributed by atoms with Gasteiger partial charge in [0.25, 0.3) is 0 Å². The fraction of sp³-hybridized carbons (Fsp3) is 0.0769. The molecule has 1 aromatic heterocycles. The van der Waals surface area contributed by atoms with E-state index in [4.69, 9.17) is 33.2 Å². The van der Waals surface area contributed by atoms with E-state index in [1.54, 1.807) is 30.5 Å². The molecular formula is C13H8Cl2N2O. The van der Waals surface area contributed by atoms with E-state index >= 15 is 0 Å². The van der Waals surface area contributed by atoms with E-state index in [0.717, 1.165) is 5.56 Å². The van der Waals surface area contributed by atoms with Gasteiger partial charge < -0.3 is 4.74 Å². The number of nitrogens with zero attached hydrogens (tertiary/aromatic N) is 2. The number of rotatable bonds is 3. The molecule has 5 heteroatoms. The fourth-order valence-electron chi connectivity index (χ4n) is 1.34. The van der Waals surface area contributed by atoms with Crippen molar-refractivity contribution < 1.29 is 4.74 Å². The monoisotopic (exact) mass is 278 g/mol. The van der Waals surface area contributed by atoms with Crippen LogP contribution in [0.2, 0.25) is 10.2 Å². The number of aromatic nitrogens is 1. The van der Waals surface area contributed by atoms with Crippen LogP contribution < -0.4 is 4.74 Å². The van der Waals surface area contributed by atoms with Gasteiger partial charge in [0, 0.05) is 11.8 Å². The second-order valence-electron chi connectivity index (χ2n) is 3.53. The molecule has 0 fully saturated rings. The molecule has 0 atom stereocenters. The van der Waals surface area contributed by atoms with Gasteiger partial charge in [0.2, 0.25) is 0 Å². The smallest absolute Gasteiger partial charge is 0.138 e. The Bertz CT molecular complexity index is 591. The van der Waals surface area contributed by atoms with Crippen molar-refractivity contribution in [2.24, 2.45) is 0 Å². The highest BCUT2D eigenvalue weighted by Gasteiger charge is 2.03. The van der Waals surface area contributed by atoms with Crippen LogP contribution in [0.15, 0.2) is 36.5 Å². The number of benzene rings is 1. The van der Waals surface area contributed by atoms with Crippen LogP contribution in [-0.4, -0.2) is 4.98 Å². The van der Waals surface area contributed by atoms with Crippen LogP contribution in [0.5, 0.6) is 5.75 Å². The first-order valence-electron chi connectivity index (χ1n) is 5.12. The average Bonchev–Trinajstić information content (AvgIpc) is 2.39. The summed E-state index contributed by atoms with van der Waals surface area (Å²) in [6, 6.07) is 10.4. The molecule has 0 saturated heterocycles. The van der Waals surface area contributed by atoms with Gasteiger partial charge in [0.1, 0.15) is 17.5 Å². The third kappa shape index (κ3) is 3.13. The molecule has 0 amide bonds. The molecule has 18 heavy (non-hydrogen) atoms. The zero-order chi connectivity index (χ0) is 13.0. The molecule has 1 heterocycles. The summed E-state index contributed by atoms with van der Waals surface area (Å²) >= 11 is 11.7. The molecule has 1 aromatic carbocycles. The van der Waals surface area contributed by atoms with Crippen LogP contribution in [-0.2, 0) is 6.61 Å². The summed E-state index contributed by atoms with van der Waals surface area (Å²) in [4.78, 5) is 3.95. The Morgan fingerprint density at radius 3 is 2.67 bits per heavy atom. The lowest BCUT2D eigenvalue weighted by molar-refractivity contribution is 0.306. The highest BCUT2D eigenvalue weighted by Crippen LogP contribution is 2.26. The Morgan fingerprint density at radius 2 is 2.06 bits per heavy atom. The van der Waals surface area contributed by atoms with Gasteiger partial charge in [-0.1, -0.05) is 29.3 Å². The molecule has 3 nitrogen and oxygen atoms in total. The van der Waals surface area contributed by atoms with Crippen LogP contribution in [0.3, 0.4) is 0 Å². The molecule has 0 N–H and O–H groups in total. The average molecular weight is 279 g/mol. The van der Waals surface area contributed by atoms with Gasteiger partial charge in [-0.15, -0.1) is 0 Å². The van der Waals surface area contributed by atoms with Crippen LogP contribution in [0, 0.1) is 11.3 Å². The summed E-state index contributed by atoms with van der Waals surface area (Å²) in [6.45, 7) is 0.343. The van der Waals surface area contributed by atoms with Gasteiger partial charge in [0.05, 0.1) is 16.7 Å². The van der Waals surface area contributed by atoms with Crippen molar-refractivity contribution >= 4 is 23.2 Å². The number of hydrogen-bond donors (Lipinski definition) is 0. The lowest BCUT2D eigenvalue weighted by atomic mass is 10.2. The molecule has 0 aliphatic rings. The lowest BCUT2D eigenvalue weighted by Gasteiger charge is -2.07. The minimum absolute atomic E-state index is 0.343. The normalized spacial score (nSPS) is 9.83. The van der Waals surface area contributed by atoms with E-state index in [9.17, 15) is 0 Å². The van der Waals surface area contributed by atoms with Crippen molar-refractivity contribution in [2.45, 2.75) is 6.61 Å². The van der Waals surface area contributed by atoms with E-state index in [-0.39, 0.29) is 0 Å². The van der Waals surface area contributed by atoms with Crippen LogP contribution in [0.25, 0.3) is 0 Å². The molecule has 0 aliphatic heterocycles. The van der Waals surface area contributed by atoms with Crippen LogP contribution in [0.4, 0.5) is 0 Å². The zero-order valence-corrected chi connectivity index (χ0v) is 10.7. The number of pyridine rings is 1. The number of nitriles is 1. The molecule has 0 aliphatic carbocycles. The molecule has 0 spiro atoms. The van der Waals surface area contributed by atoms with Gasteiger partial charge in [-0.05, 0) is 24.3 Å². The topological polar surface area (TPSA) is 45.9 Å². The van der Waals surface area contributed by atoms with Gasteiger partial charge in [0.15, 0.2) is 0 Å². The van der Waals surface area contributed by atoms with E-state index in [0.29, 0.717) is 28.1 Å². The maximum Gasteiger partial charge on any atom is 0.138 e. The summed E-state index contributed by atoms with van der Waals surface area (Å²) in [5.74, 6) is 0.533. The minimum atomic E-state index is 0.343. The van der Waals surface area contributed by atoms with Crippen molar-refractivity contribution in [1.82, 2.24) is 4.98 Å². The maximum atomic E-state index is 8.72. The predicted molar refractivity (Wildman–Crippen MR) is 69.7 cm³/mol. The molecule has 2 rings (SSSR count). The second-order valence-corrected chi connectivity index (χ2v) is 4.33. The molecule has 0 unspecified atom stereocenters. The molecule has 0 radical (unpaired) electrons. The molecule has 0 saturated carbocycles. The Labute approximate surface area is 115 Å². The summed E-state index contributed by atoms with van der Waals surface area (Å²) in [5.41, 5.74) is 1.39. The molecule has 2 aromatic rings. The van der Waals surface area contributed by atoms with E-state index in [1.807, 2.05) is 12.1 Å². The standard InChI is InChI=1S/C13H8Cl2N2O/c14-11-5-9(6-16)1-3-12(11)18-8-10-2-4-13(15)17-7-10/h1-5,7H,8H2. The summed E-state index contributed by atoms with van der Waals surface area (Å²) in [7, 11) is 0. The van der Waals surface area contributed by atoms with Crippen LogP contribution >= 0.6 is 23.2 Å². The number of halogens is 2. The molecule has 90 valence electrons. The fourth-order valence-corrected chi connectivity index (χ4v) is 1.69. The largest absolute Gasteiger partial charge is 0.487 e. The zero-order valence-electron chi connectivity index (χ0n) is 9.23. The number of ether oxygens (including phenoxy) is 1. The van der Waals surface area contributed by atoms with Gasteiger partial charge >= 0.3 is 0 Å². The first-order valence-corrected chi connectivity index (χ1v) is 5.87. The van der Waals surface area contributed by atoms with Gasteiger partial charge in [-0.25, -0.2) is 4.98 Å². The van der Waals surface area contributed by atoms with Gasteiger partial charge in [-0.2, -0.15) is 5.26 Å². The van der Waals surface area contributed by atoms with Crippen LogP contribution in [0.1, 0.15) is 11.1 Å². The predicted octanol–water partition coefficient (Wildman–Crippen LogP) is 3.84.